The van der Waals surface area contributed by atoms with Crippen LogP contribution in [0.15, 0.2) is 54.7 Å². The third-order valence-electron chi connectivity index (χ3n) is 3.64. The van der Waals surface area contributed by atoms with Crippen LogP contribution in [-0.4, -0.2) is 4.98 Å². The summed E-state index contributed by atoms with van der Waals surface area (Å²) in [5.74, 6) is 0.507. The van der Waals surface area contributed by atoms with Gasteiger partial charge in [0.15, 0.2) is 0 Å². The molecule has 0 bridgehead atoms. The minimum absolute atomic E-state index is 0.507. The van der Waals surface area contributed by atoms with Crippen molar-refractivity contribution in [2.75, 3.05) is 11.1 Å². The number of anilines is 3. The van der Waals surface area contributed by atoms with Crippen molar-refractivity contribution in [1.82, 2.24) is 4.98 Å². The first-order valence-corrected chi connectivity index (χ1v) is 7.15. The van der Waals surface area contributed by atoms with Gasteiger partial charge in [0.2, 0.25) is 0 Å². The van der Waals surface area contributed by atoms with E-state index >= 15 is 0 Å². The third kappa shape index (κ3) is 2.68. The Hall–Kier alpha value is -2.55. The molecule has 0 atom stereocenters. The number of aromatic nitrogens is 1. The van der Waals surface area contributed by atoms with Gasteiger partial charge in [0.05, 0.1) is 11.2 Å². The van der Waals surface area contributed by atoms with Crippen LogP contribution < -0.4 is 11.1 Å². The van der Waals surface area contributed by atoms with Crippen molar-refractivity contribution in [3.63, 3.8) is 0 Å². The molecule has 0 saturated carbocycles. The fraction of sp³-hybridized carbons (Fsp3) is 0.167. The molecule has 3 heteroatoms. The highest BCUT2D eigenvalue weighted by Crippen LogP contribution is 2.29. The molecule has 0 saturated heterocycles. The van der Waals surface area contributed by atoms with Crippen LogP contribution in [0.3, 0.4) is 0 Å². The molecule has 0 aliphatic carbocycles. The van der Waals surface area contributed by atoms with Gasteiger partial charge < -0.3 is 11.1 Å². The van der Waals surface area contributed by atoms with E-state index in [1.54, 1.807) is 6.20 Å². The summed E-state index contributed by atoms with van der Waals surface area (Å²) in [5, 5.41) is 4.43. The first kappa shape index (κ1) is 13.4. The van der Waals surface area contributed by atoms with Crippen molar-refractivity contribution in [3.05, 3.63) is 60.3 Å². The molecular formula is C18H19N3. The molecular weight excluding hydrogens is 258 g/mol. The normalized spacial score (nSPS) is 11.0. The highest BCUT2D eigenvalue weighted by atomic mass is 14.9. The summed E-state index contributed by atoms with van der Waals surface area (Å²) in [6.45, 7) is 4.39. The van der Waals surface area contributed by atoms with Gasteiger partial charge in [-0.15, -0.1) is 0 Å². The zero-order valence-corrected chi connectivity index (χ0v) is 12.3. The van der Waals surface area contributed by atoms with Gasteiger partial charge in [-0.2, -0.15) is 0 Å². The fourth-order valence-corrected chi connectivity index (χ4v) is 2.43. The van der Waals surface area contributed by atoms with Crippen molar-refractivity contribution in [1.29, 1.82) is 0 Å². The molecule has 2 aromatic carbocycles. The average Bonchev–Trinajstić information content (AvgIpc) is 2.51. The van der Waals surface area contributed by atoms with E-state index in [1.165, 1.54) is 5.56 Å². The Bertz CT molecular complexity index is 778. The summed E-state index contributed by atoms with van der Waals surface area (Å²) in [6, 6.07) is 16.3. The van der Waals surface area contributed by atoms with E-state index in [2.05, 4.69) is 48.4 Å². The Morgan fingerprint density at radius 1 is 1.05 bits per heavy atom. The molecule has 3 rings (SSSR count). The number of pyridine rings is 1. The number of nitrogen functional groups attached to an aromatic ring is 1. The van der Waals surface area contributed by atoms with E-state index in [1.807, 2.05) is 24.3 Å². The van der Waals surface area contributed by atoms with Crippen LogP contribution in [0.2, 0.25) is 0 Å². The maximum Gasteiger partial charge on any atom is 0.0957 e. The molecule has 0 unspecified atom stereocenters. The van der Waals surface area contributed by atoms with E-state index in [9.17, 15) is 0 Å². The van der Waals surface area contributed by atoms with Crippen LogP contribution in [-0.2, 0) is 0 Å². The Morgan fingerprint density at radius 2 is 1.90 bits per heavy atom. The second kappa shape index (κ2) is 5.44. The lowest BCUT2D eigenvalue weighted by Crippen LogP contribution is -1.97. The smallest absolute Gasteiger partial charge is 0.0957 e. The lowest BCUT2D eigenvalue weighted by molar-refractivity contribution is 0.867. The molecule has 0 aliphatic heterocycles. The molecule has 3 N–H and O–H groups in total. The SMILES string of the molecule is CC(C)c1cccc(Nc2ccc(N)c3cccnc23)c1. The summed E-state index contributed by atoms with van der Waals surface area (Å²) in [4.78, 5) is 4.45. The van der Waals surface area contributed by atoms with Gasteiger partial charge in [-0.25, -0.2) is 0 Å². The van der Waals surface area contributed by atoms with Gasteiger partial charge in [0.1, 0.15) is 0 Å². The largest absolute Gasteiger partial charge is 0.398 e. The van der Waals surface area contributed by atoms with Crippen LogP contribution in [0, 0.1) is 0 Å². The van der Waals surface area contributed by atoms with Crippen LogP contribution >= 0.6 is 0 Å². The summed E-state index contributed by atoms with van der Waals surface area (Å²) >= 11 is 0. The topological polar surface area (TPSA) is 50.9 Å². The van der Waals surface area contributed by atoms with Gasteiger partial charge in [0.25, 0.3) is 0 Å². The minimum Gasteiger partial charge on any atom is -0.398 e. The Kier molecular flexibility index (Phi) is 3.48. The highest BCUT2D eigenvalue weighted by Gasteiger charge is 2.06. The number of fused-ring (bicyclic) bond motifs is 1. The van der Waals surface area contributed by atoms with Crippen molar-refractivity contribution >= 4 is 28.0 Å². The van der Waals surface area contributed by atoms with E-state index in [4.69, 9.17) is 5.73 Å². The van der Waals surface area contributed by atoms with E-state index in [0.29, 0.717) is 5.92 Å². The molecule has 21 heavy (non-hydrogen) atoms. The average molecular weight is 277 g/mol. The Balaban J connectivity index is 2.02. The molecule has 0 radical (unpaired) electrons. The molecule has 0 fully saturated rings. The molecule has 0 spiro atoms. The molecule has 0 aliphatic rings. The number of nitrogens with one attached hydrogen (secondary N) is 1. The maximum atomic E-state index is 6.01. The Morgan fingerprint density at radius 3 is 2.71 bits per heavy atom. The second-order valence-corrected chi connectivity index (χ2v) is 5.51. The predicted molar refractivity (Wildman–Crippen MR) is 90.0 cm³/mol. The molecule has 1 heterocycles. The summed E-state index contributed by atoms with van der Waals surface area (Å²) in [6.07, 6.45) is 1.79. The van der Waals surface area contributed by atoms with Crippen molar-refractivity contribution in [3.8, 4) is 0 Å². The number of hydrogen-bond donors (Lipinski definition) is 2. The minimum atomic E-state index is 0.507. The van der Waals surface area contributed by atoms with Crippen LogP contribution in [0.4, 0.5) is 17.1 Å². The number of benzene rings is 2. The van der Waals surface area contributed by atoms with Crippen molar-refractivity contribution in [2.24, 2.45) is 0 Å². The Labute approximate surface area is 124 Å². The fourth-order valence-electron chi connectivity index (χ4n) is 2.43. The maximum absolute atomic E-state index is 6.01. The number of nitrogens with zero attached hydrogens (tertiary/aromatic N) is 1. The third-order valence-corrected chi connectivity index (χ3v) is 3.64. The van der Waals surface area contributed by atoms with E-state index < -0.39 is 0 Å². The lowest BCUT2D eigenvalue weighted by Gasteiger charge is -2.12. The van der Waals surface area contributed by atoms with Gasteiger partial charge in [-0.3, -0.25) is 4.98 Å². The molecule has 0 amide bonds. The summed E-state index contributed by atoms with van der Waals surface area (Å²) < 4.78 is 0. The lowest BCUT2D eigenvalue weighted by atomic mass is 10.0. The summed E-state index contributed by atoms with van der Waals surface area (Å²) in [7, 11) is 0. The van der Waals surface area contributed by atoms with Crippen molar-refractivity contribution < 1.29 is 0 Å². The van der Waals surface area contributed by atoms with E-state index in [-0.39, 0.29) is 0 Å². The number of rotatable bonds is 3. The van der Waals surface area contributed by atoms with Crippen LogP contribution in [0.5, 0.6) is 0 Å². The van der Waals surface area contributed by atoms with Gasteiger partial charge in [0, 0.05) is 23.0 Å². The van der Waals surface area contributed by atoms with Gasteiger partial charge in [-0.05, 0) is 47.9 Å². The molecule has 3 nitrogen and oxygen atoms in total. The standard InChI is InChI=1S/C18H19N3/c1-12(2)13-5-3-6-14(11-13)21-17-9-8-16(19)15-7-4-10-20-18(15)17/h3-12,21H,19H2,1-2H3. The second-order valence-electron chi connectivity index (χ2n) is 5.51. The first-order valence-electron chi connectivity index (χ1n) is 7.15. The van der Waals surface area contributed by atoms with Crippen LogP contribution in [0.25, 0.3) is 10.9 Å². The monoisotopic (exact) mass is 277 g/mol. The van der Waals surface area contributed by atoms with Gasteiger partial charge >= 0.3 is 0 Å². The molecule has 1 aromatic heterocycles. The van der Waals surface area contributed by atoms with Crippen molar-refractivity contribution in [2.45, 2.75) is 19.8 Å². The van der Waals surface area contributed by atoms with Gasteiger partial charge in [-0.1, -0.05) is 26.0 Å². The summed E-state index contributed by atoms with van der Waals surface area (Å²) in [5.41, 5.74) is 11.0. The van der Waals surface area contributed by atoms with E-state index in [0.717, 1.165) is 28.0 Å². The molecule has 3 aromatic rings. The quantitative estimate of drug-likeness (QED) is 0.683. The zero-order chi connectivity index (χ0) is 14.8. The number of hydrogen-bond acceptors (Lipinski definition) is 3. The molecule has 106 valence electrons. The number of nitrogens with two attached hydrogens (primary N) is 1. The predicted octanol–water partition coefficient (Wildman–Crippen LogP) is 4.68. The highest BCUT2D eigenvalue weighted by molar-refractivity contribution is 5.99. The first-order chi connectivity index (χ1) is 10.1. The van der Waals surface area contributed by atoms with Crippen LogP contribution in [0.1, 0.15) is 25.3 Å². The zero-order valence-electron chi connectivity index (χ0n) is 12.3.